The molecule has 0 aromatic heterocycles. The fourth-order valence-electron chi connectivity index (χ4n) is 1.55. The van der Waals surface area contributed by atoms with E-state index in [1.807, 2.05) is 30.3 Å². The highest BCUT2D eigenvalue weighted by Gasteiger charge is 1.96. The molecule has 0 unspecified atom stereocenters. The number of benzene rings is 1. The maximum absolute atomic E-state index is 11.4. The summed E-state index contributed by atoms with van der Waals surface area (Å²) in [5.74, 6) is 7.44. The highest BCUT2D eigenvalue weighted by Crippen LogP contribution is 2.10. The molecule has 0 heterocycles. The Labute approximate surface area is 127 Å². The third-order valence-electron chi connectivity index (χ3n) is 2.71. The van der Waals surface area contributed by atoms with E-state index in [1.54, 1.807) is 13.2 Å². The van der Waals surface area contributed by atoms with Gasteiger partial charge in [-0.3, -0.25) is 4.79 Å². The van der Waals surface area contributed by atoms with Crippen LogP contribution in [0.5, 0.6) is 5.75 Å². The summed E-state index contributed by atoms with van der Waals surface area (Å²) in [5.41, 5.74) is 0.967. The second-order valence-corrected chi connectivity index (χ2v) is 5.11. The zero-order valence-corrected chi connectivity index (χ0v) is 13.0. The predicted molar refractivity (Wildman–Crippen MR) is 86.1 cm³/mol. The molecule has 0 radical (unpaired) electrons. The summed E-state index contributed by atoms with van der Waals surface area (Å²) in [5, 5.41) is 2.84. The third kappa shape index (κ3) is 7.84. The molecular weight excluding hydrogens is 262 g/mol. The van der Waals surface area contributed by atoms with Gasteiger partial charge in [-0.05, 0) is 42.7 Å². The molecule has 1 aromatic carbocycles. The van der Waals surface area contributed by atoms with Crippen LogP contribution in [0.1, 0.15) is 32.3 Å². The number of hydrogen-bond acceptors (Lipinski definition) is 2. The number of hydrogen-bond donors (Lipinski definition) is 1. The van der Waals surface area contributed by atoms with E-state index in [1.165, 1.54) is 0 Å². The molecule has 0 saturated heterocycles. The summed E-state index contributed by atoms with van der Waals surface area (Å²) in [7, 11) is 1.64. The monoisotopic (exact) mass is 285 g/mol. The van der Waals surface area contributed by atoms with Gasteiger partial charge in [0.15, 0.2) is 0 Å². The van der Waals surface area contributed by atoms with Crippen LogP contribution in [0.4, 0.5) is 0 Å². The van der Waals surface area contributed by atoms with Crippen LogP contribution >= 0.6 is 0 Å². The average molecular weight is 285 g/mol. The van der Waals surface area contributed by atoms with Gasteiger partial charge >= 0.3 is 0 Å². The second kappa shape index (κ2) is 9.66. The van der Waals surface area contributed by atoms with Crippen molar-refractivity contribution in [2.45, 2.75) is 26.7 Å². The van der Waals surface area contributed by atoms with Crippen LogP contribution in [0.25, 0.3) is 0 Å². The first-order valence-electron chi connectivity index (χ1n) is 7.19. The van der Waals surface area contributed by atoms with Crippen molar-refractivity contribution in [3.8, 4) is 17.6 Å². The summed E-state index contributed by atoms with van der Waals surface area (Å²) in [6.07, 6.45) is 4.95. The SMILES string of the molecule is COc1ccc(C#CCCC=CC(=O)NCC(C)C)cc1. The maximum atomic E-state index is 11.4. The number of carbonyl (C=O) groups excluding carboxylic acids is 1. The summed E-state index contributed by atoms with van der Waals surface area (Å²) in [6.45, 7) is 4.85. The molecule has 0 aliphatic rings. The number of nitrogens with one attached hydrogen (secondary N) is 1. The Hall–Kier alpha value is -2.21. The second-order valence-electron chi connectivity index (χ2n) is 5.11. The zero-order chi connectivity index (χ0) is 15.5. The van der Waals surface area contributed by atoms with Crippen LogP contribution in [0, 0.1) is 17.8 Å². The Morgan fingerprint density at radius 1 is 1.33 bits per heavy atom. The zero-order valence-electron chi connectivity index (χ0n) is 13.0. The van der Waals surface area contributed by atoms with Gasteiger partial charge in [0.25, 0.3) is 0 Å². The quantitative estimate of drug-likeness (QED) is 0.495. The van der Waals surface area contributed by atoms with Crippen molar-refractivity contribution in [3.05, 3.63) is 42.0 Å². The Morgan fingerprint density at radius 3 is 2.67 bits per heavy atom. The van der Waals surface area contributed by atoms with Crippen LogP contribution in [0.15, 0.2) is 36.4 Å². The lowest BCUT2D eigenvalue weighted by Gasteiger charge is -2.03. The van der Waals surface area contributed by atoms with Gasteiger partial charge in [0.2, 0.25) is 5.91 Å². The van der Waals surface area contributed by atoms with E-state index in [4.69, 9.17) is 4.74 Å². The van der Waals surface area contributed by atoms with Gasteiger partial charge in [-0.15, -0.1) is 0 Å². The summed E-state index contributed by atoms with van der Waals surface area (Å²) in [4.78, 5) is 11.4. The summed E-state index contributed by atoms with van der Waals surface area (Å²) < 4.78 is 5.09. The van der Waals surface area contributed by atoms with Crippen molar-refractivity contribution >= 4 is 5.91 Å². The van der Waals surface area contributed by atoms with Gasteiger partial charge < -0.3 is 10.1 Å². The molecule has 0 atom stereocenters. The molecule has 1 rings (SSSR count). The van der Waals surface area contributed by atoms with Gasteiger partial charge in [0, 0.05) is 18.5 Å². The van der Waals surface area contributed by atoms with Crippen molar-refractivity contribution in [1.82, 2.24) is 5.32 Å². The number of unbranched alkanes of at least 4 members (excludes halogenated alkanes) is 1. The fraction of sp³-hybridized carbons (Fsp3) is 0.389. The summed E-state index contributed by atoms with van der Waals surface area (Å²) >= 11 is 0. The number of carbonyl (C=O) groups is 1. The van der Waals surface area contributed by atoms with Gasteiger partial charge in [-0.2, -0.15) is 0 Å². The van der Waals surface area contributed by atoms with Crippen molar-refractivity contribution in [3.63, 3.8) is 0 Å². The normalized spacial score (nSPS) is 10.3. The standard InChI is InChI=1S/C18H23NO2/c1-15(2)14-19-18(20)9-7-5-4-6-8-16-10-12-17(21-3)13-11-16/h7,9-13,15H,4-5,14H2,1-3H3,(H,19,20). The van der Waals surface area contributed by atoms with Gasteiger partial charge in [0.1, 0.15) is 5.75 Å². The fourth-order valence-corrected chi connectivity index (χ4v) is 1.55. The smallest absolute Gasteiger partial charge is 0.243 e. The van der Waals surface area contributed by atoms with E-state index in [9.17, 15) is 4.79 Å². The lowest BCUT2D eigenvalue weighted by Crippen LogP contribution is -2.25. The minimum atomic E-state index is -0.0354. The lowest BCUT2D eigenvalue weighted by atomic mass is 10.2. The van der Waals surface area contributed by atoms with Crippen LogP contribution in [-0.4, -0.2) is 19.6 Å². The van der Waals surface area contributed by atoms with E-state index in [-0.39, 0.29) is 5.91 Å². The molecule has 1 aromatic rings. The number of amides is 1. The summed E-state index contributed by atoms with van der Waals surface area (Å²) in [6, 6.07) is 7.65. The van der Waals surface area contributed by atoms with Gasteiger partial charge in [-0.1, -0.05) is 31.8 Å². The Bertz CT molecular complexity index is 518. The van der Waals surface area contributed by atoms with Crippen molar-refractivity contribution < 1.29 is 9.53 Å². The van der Waals surface area contributed by atoms with Crippen molar-refractivity contribution in [1.29, 1.82) is 0 Å². The number of methoxy groups -OCH3 is 1. The van der Waals surface area contributed by atoms with Crippen molar-refractivity contribution in [2.24, 2.45) is 5.92 Å². The first kappa shape index (κ1) is 16.8. The van der Waals surface area contributed by atoms with E-state index in [0.717, 1.165) is 24.2 Å². The van der Waals surface area contributed by atoms with E-state index in [0.29, 0.717) is 12.5 Å². The Morgan fingerprint density at radius 2 is 2.05 bits per heavy atom. The topological polar surface area (TPSA) is 38.3 Å². The molecule has 1 N–H and O–H groups in total. The van der Waals surface area contributed by atoms with Crippen LogP contribution in [0.2, 0.25) is 0 Å². The highest BCUT2D eigenvalue weighted by atomic mass is 16.5. The van der Waals surface area contributed by atoms with E-state index < -0.39 is 0 Å². The lowest BCUT2D eigenvalue weighted by molar-refractivity contribution is -0.116. The Kier molecular flexibility index (Phi) is 7.74. The minimum Gasteiger partial charge on any atom is -0.497 e. The molecule has 3 nitrogen and oxygen atoms in total. The van der Waals surface area contributed by atoms with Crippen molar-refractivity contribution in [2.75, 3.05) is 13.7 Å². The van der Waals surface area contributed by atoms with E-state index >= 15 is 0 Å². The molecule has 112 valence electrons. The predicted octanol–water partition coefficient (Wildman–Crippen LogP) is 3.16. The number of rotatable bonds is 6. The first-order chi connectivity index (χ1) is 10.1. The van der Waals surface area contributed by atoms with Gasteiger partial charge in [-0.25, -0.2) is 0 Å². The first-order valence-corrected chi connectivity index (χ1v) is 7.19. The van der Waals surface area contributed by atoms with E-state index in [2.05, 4.69) is 31.0 Å². The third-order valence-corrected chi connectivity index (χ3v) is 2.71. The molecule has 0 saturated carbocycles. The van der Waals surface area contributed by atoms with Gasteiger partial charge in [0.05, 0.1) is 7.11 Å². The maximum Gasteiger partial charge on any atom is 0.243 e. The number of allylic oxidation sites excluding steroid dienone is 1. The molecule has 0 bridgehead atoms. The number of ether oxygens (including phenoxy) is 1. The molecule has 0 aliphatic carbocycles. The molecule has 3 heteroatoms. The van der Waals surface area contributed by atoms with Crippen LogP contribution < -0.4 is 10.1 Å². The average Bonchev–Trinajstić information content (AvgIpc) is 2.49. The molecular formula is C18H23NO2. The molecule has 0 spiro atoms. The largest absolute Gasteiger partial charge is 0.497 e. The highest BCUT2D eigenvalue weighted by molar-refractivity contribution is 5.87. The molecule has 0 fully saturated rings. The molecule has 21 heavy (non-hydrogen) atoms. The molecule has 1 amide bonds. The Balaban J connectivity index is 2.27. The van der Waals surface area contributed by atoms with Crippen LogP contribution in [-0.2, 0) is 4.79 Å². The minimum absolute atomic E-state index is 0.0354. The van der Waals surface area contributed by atoms with Crippen LogP contribution in [0.3, 0.4) is 0 Å². The molecule has 0 aliphatic heterocycles.